The Morgan fingerprint density at radius 2 is 1.56 bits per heavy atom. The molecule has 0 spiro atoms. The topological polar surface area (TPSA) is 46.2 Å². The van der Waals surface area contributed by atoms with Crippen LogP contribution in [0.5, 0.6) is 0 Å². The Morgan fingerprint density at radius 3 is 2.06 bits per heavy atom. The molecule has 0 radical (unpaired) electrons. The van der Waals surface area contributed by atoms with Crippen molar-refractivity contribution >= 4 is 21.6 Å². The number of alkyl halides is 1. The van der Waals surface area contributed by atoms with Crippen molar-refractivity contribution in [1.82, 2.24) is 4.72 Å². The van der Waals surface area contributed by atoms with Gasteiger partial charge in [0.25, 0.3) is 0 Å². The molecule has 4 rings (SSSR count). The van der Waals surface area contributed by atoms with Crippen LogP contribution in [0.4, 0.5) is 0 Å². The van der Waals surface area contributed by atoms with Gasteiger partial charge in [0.1, 0.15) is 0 Å². The molecule has 5 heteroatoms. The summed E-state index contributed by atoms with van der Waals surface area (Å²) in [6, 6.07) is 0.220. The number of sulfonamides is 1. The lowest BCUT2D eigenvalue weighted by Gasteiger charge is -2.54. The van der Waals surface area contributed by atoms with Crippen LogP contribution in [0.2, 0.25) is 0 Å². The van der Waals surface area contributed by atoms with Gasteiger partial charge in [-0.05, 0) is 62.2 Å². The standard InChI is InChI=1S/C13H22ClNO2S/c14-2-1-3-18(16,17)15-13-11-5-9-4-10(7-11)8-12(13)6-9/h9-13,15H,1-8H2. The second-order valence-corrected chi connectivity index (χ2v) is 8.69. The van der Waals surface area contributed by atoms with Crippen LogP contribution in [0, 0.1) is 23.7 Å². The van der Waals surface area contributed by atoms with E-state index in [9.17, 15) is 8.42 Å². The zero-order valence-corrected chi connectivity index (χ0v) is 12.2. The minimum Gasteiger partial charge on any atom is -0.212 e. The number of nitrogens with one attached hydrogen (secondary N) is 1. The van der Waals surface area contributed by atoms with Crippen LogP contribution < -0.4 is 4.72 Å². The highest BCUT2D eigenvalue weighted by Crippen LogP contribution is 2.53. The van der Waals surface area contributed by atoms with Gasteiger partial charge in [-0.1, -0.05) is 0 Å². The molecular formula is C13H22ClNO2S. The van der Waals surface area contributed by atoms with E-state index in [4.69, 9.17) is 11.6 Å². The van der Waals surface area contributed by atoms with Crippen molar-refractivity contribution in [2.45, 2.75) is 44.6 Å². The lowest BCUT2D eigenvalue weighted by atomic mass is 9.54. The first-order chi connectivity index (χ1) is 8.57. The van der Waals surface area contributed by atoms with E-state index < -0.39 is 10.0 Å². The molecular weight excluding hydrogens is 270 g/mol. The highest BCUT2D eigenvalue weighted by Gasteiger charge is 2.49. The van der Waals surface area contributed by atoms with Gasteiger partial charge in [-0.3, -0.25) is 0 Å². The van der Waals surface area contributed by atoms with E-state index >= 15 is 0 Å². The molecule has 0 saturated heterocycles. The van der Waals surface area contributed by atoms with Gasteiger partial charge in [0, 0.05) is 11.9 Å². The maximum absolute atomic E-state index is 12.0. The summed E-state index contributed by atoms with van der Waals surface area (Å²) in [4.78, 5) is 0. The Hall–Kier alpha value is 0.200. The maximum Gasteiger partial charge on any atom is 0.211 e. The fourth-order valence-electron chi connectivity index (χ4n) is 4.63. The molecule has 3 nitrogen and oxygen atoms in total. The van der Waals surface area contributed by atoms with Gasteiger partial charge in [0.05, 0.1) is 5.75 Å². The van der Waals surface area contributed by atoms with Gasteiger partial charge in [-0.25, -0.2) is 13.1 Å². The van der Waals surface area contributed by atoms with E-state index in [0.29, 0.717) is 24.1 Å². The fourth-order valence-corrected chi connectivity index (χ4v) is 6.36. The first-order valence-corrected chi connectivity index (χ1v) is 9.32. The molecule has 4 saturated carbocycles. The molecule has 0 heterocycles. The summed E-state index contributed by atoms with van der Waals surface area (Å²) in [5.74, 6) is 3.58. The summed E-state index contributed by atoms with van der Waals surface area (Å²) < 4.78 is 27.0. The SMILES string of the molecule is O=S(=O)(CCCCl)NC1C2CC3CC(C2)CC1C3. The van der Waals surface area contributed by atoms with Crippen LogP contribution in [0.3, 0.4) is 0 Å². The molecule has 18 heavy (non-hydrogen) atoms. The minimum atomic E-state index is -3.12. The van der Waals surface area contributed by atoms with Crippen LogP contribution in [0.15, 0.2) is 0 Å². The Kier molecular flexibility index (Phi) is 3.63. The van der Waals surface area contributed by atoms with Crippen molar-refractivity contribution in [2.24, 2.45) is 23.7 Å². The summed E-state index contributed by atoms with van der Waals surface area (Å²) in [5, 5.41) is 0. The molecule has 4 aliphatic rings. The van der Waals surface area contributed by atoms with Crippen molar-refractivity contribution in [3.63, 3.8) is 0 Å². The van der Waals surface area contributed by atoms with Crippen LogP contribution in [0.25, 0.3) is 0 Å². The molecule has 0 aromatic rings. The highest BCUT2D eigenvalue weighted by atomic mass is 35.5. The monoisotopic (exact) mass is 291 g/mol. The summed E-state index contributed by atoms with van der Waals surface area (Å²) in [6.07, 6.45) is 6.93. The van der Waals surface area contributed by atoms with Crippen molar-refractivity contribution in [1.29, 1.82) is 0 Å². The van der Waals surface area contributed by atoms with Crippen LogP contribution in [-0.2, 0) is 10.0 Å². The normalized spacial score (nSPS) is 42.4. The summed E-state index contributed by atoms with van der Waals surface area (Å²) in [7, 11) is -3.12. The lowest BCUT2D eigenvalue weighted by Crippen LogP contribution is -2.56. The predicted octanol–water partition coefficient (Wildman–Crippen LogP) is 2.36. The quantitative estimate of drug-likeness (QED) is 0.791. The summed E-state index contributed by atoms with van der Waals surface area (Å²) >= 11 is 5.58. The minimum absolute atomic E-state index is 0.180. The zero-order chi connectivity index (χ0) is 12.8. The summed E-state index contributed by atoms with van der Waals surface area (Å²) in [6.45, 7) is 0. The smallest absolute Gasteiger partial charge is 0.211 e. The zero-order valence-electron chi connectivity index (χ0n) is 10.6. The second-order valence-electron chi connectivity index (χ2n) is 6.44. The Labute approximate surface area is 115 Å². The van der Waals surface area contributed by atoms with Crippen molar-refractivity contribution in [2.75, 3.05) is 11.6 Å². The van der Waals surface area contributed by atoms with Crippen molar-refractivity contribution in [3.05, 3.63) is 0 Å². The van der Waals surface area contributed by atoms with Crippen LogP contribution in [0.1, 0.15) is 38.5 Å². The van der Waals surface area contributed by atoms with Gasteiger partial charge in [0.2, 0.25) is 10.0 Å². The van der Waals surface area contributed by atoms with E-state index in [1.165, 1.54) is 32.1 Å². The third-order valence-electron chi connectivity index (χ3n) is 5.09. The van der Waals surface area contributed by atoms with Crippen molar-refractivity contribution < 1.29 is 8.42 Å². The van der Waals surface area contributed by atoms with E-state index in [1.54, 1.807) is 0 Å². The molecule has 0 aliphatic heterocycles. The second kappa shape index (κ2) is 4.95. The molecule has 4 bridgehead atoms. The summed E-state index contributed by atoms with van der Waals surface area (Å²) in [5.41, 5.74) is 0. The third kappa shape index (κ3) is 2.56. The number of halogens is 1. The molecule has 4 fully saturated rings. The molecule has 0 amide bonds. The van der Waals surface area contributed by atoms with E-state index in [2.05, 4.69) is 4.72 Å². The first-order valence-electron chi connectivity index (χ1n) is 7.13. The van der Waals surface area contributed by atoms with Gasteiger partial charge in [-0.15, -0.1) is 11.6 Å². The van der Waals surface area contributed by atoms with E-state index in [0.717, 1.165) is 11.8 Å². The third-order valence-corrected chi connectivity index (χ3v) is 6.81. The van der Waals surface area contributed by atoms with Gasteiger partial charge in [-0.2, -0.15) is 0 Å². The largest absolute Gasteiger partial charge is 0.212 e. The molecule has 0 atom stereocenters. The molecule has 0 unspecified atom stereocenters. The number of hydrogen-bond acceptors (Lipinski definition) is 2. The molecule has 0 aromatic heterocycles. The fraction of sp³-hybridized carbons (Fsp3) is 1.00. The van der Waals surface area contributed by atoms with Gasteiger partial charge < -0.3 is 0 Å². The number of rotatable bonds is 5. The molecule has 0 aromatic carbocycles. The molecule has 1 N–H and O–H groups in total. The van der Waals surface area contributed by atoms with Gasteiger partial charge in [0.15, 0.2) is 0 Å². The first kappa shape index (κ1) is 13.2. The van der Waals surface area contributed by atoms with E-state index in [1.807, 2.05) is 0 Å². The highest BCUT2D eigenvalue weighted by molar-refractivity contribution is 7.89. The Morgan fingerprint density at radius 1 is 1.00 bits per heavy atom. The average Bonchev–Trinajstić information content (AvgIpc) is 2.30. The average molecular weight is 292 g/mol. The van der Waals surface area contributed by atoms with Crippen LogP contribution >= 0.6 is 11.6 Å². The van der Waals surface area contributed by atoms with Crippen molar-refractivity contribution in [3.8, 4) is 0 Å². The Balaban J connectivity index is 1.66. The molecule has 4 aliphatic carbocycles. The van der Waals surface area contributed by atoms with Crippen LogP contribution in [-0.4, -0.2) is 26.1 Å². The Bertz CT molecular complexity index is 381. The van der Waals surface area contributed by atoms with E-state index in [-0.39, 0.29) is 11.8 Å². The predicted molar refractivity (Wildman–Crippen MR) is 73.1 cm³/mol. The molecule has 104 valence electrons. The number of hydrogen-bond donors (Lipinski definition) is 1. The lowest BCUT2D eigenvalue weighted by molar-refractivity contribution is -0.00557. The van der Waals surface area contributed by atoms with Gasteiger partial charge >= 0.3 is 0 Å². The maximum atomic E-state index is 12.0.